The number of nitrogens with zero attached hydrogens (tertiary/aromatic N) is 1. The minimum absolute atomic E-state index is 0.152. The van der Waals surface area contributed by atoms with Crippen LogP contribution in [0, 0.1) is 0 Å². The van der Waals surface area contributed by atoms with Crippen molar-refractivity contribution in [2.75, 3.05) is 20.2 Å². The van der Waals surface area contributed by atoms with Crippen molar-refractivity contribution in [2.45, 2.75) is 32.5 Å². The standard InChI is InChI=1S/C22H25NO5/c1-16(21(24)23-12-6-7-13-23)28-22(25)18-10-11-19(20(14-18)26-2)27-15-17-8-4-3-5-9-17/h3-5,8-11,14,16H,6-7,12-13,15H2,1-2H3/t16-/m1/s1. The molecule has 0 bridgehead atoms. The van der Waals surface area contributed by atoms with E-state index in [9.17, 15) is 9.59 Å². The fourth-order valence-electron chi connectivity index (χ4n) is 3.12. The average Bonchev–Trinajstić information content (AvgIpc) is 3.27. The van der Waals surface area contributed by atoms with E-state index in [0.717, 1.165) is 31.5 Å². The molecule has 0 unspecified atom stereocenters. The lowest BCUT2D eigenvalue weighted by atomic mass is 10.2. The van der Waals surface area contributed by atoms with Gasteiger partial charge in [0, 0.05) is 13.1 Å². The lowest BCUT2D eigenvalue weighted by Gasteiger charge is -2.20. The van der Waals surface area contributed by atoms with Crippen LogP contribution in [0.5, 0.6) is 11.5 Å². The van der Waals surface area contributed by atoms with Crippen molar-refractivity contribution >= 4 is 11.9 Å². The van der Waals surface area contributed by atoms with Crippen molar-refractivity contribution < 1.29 is 23.8 Å². The molecular weight excluding hydrogens is 358 g/mol. The zero-order chi connectivity index (χ0) is 19.9. The molecule has 0 aromatic heterocycles. The van der Waals surface area contributed by atoms with E-state index in [1.165, 1.54) is 7.11 Å². The molecule has 6 heteroatoms. The van der Waals surface area contributed by atoms with Crippen molar-refractivity contribution in [1.29, 1.82) is 0 Å². The normalized spacial score (nSPS) is 14.4. The van der Waals surface area contributed by atoms with Crippen molar-refractivity contribution in [3.05, 3.63) is 59.7 Å². The summed E-state index contributed by atoms with van der Waals surface area (Å²) in [5, 5.41) is 0. The summed E-state index contributed by atoms with van der Waals surface area (Å²) in [7, 11) is 1.51. The predicted octanol–water partition coefficient (Wildman–Crippen LogP) is 3.44. The summed E-state index contributed by atoms with van der Waals surface area (Å²) >= 11 is 0. The number of carbonyl (C=O) groups excluding carboxylic acids is 2. The number of esters is 1. The summed E-state index contributed by atoms with van der Waals surface area (Å²) in [6, 6.07) is 14.6. The van der Waals surface area contributed by atoms with Crippen LogP contribution in [0.25, 0.3) is 0 Å². The molecule has 0 N–H and O–H groups in total. The molecule has 0 spiro atoms. The van der Waals surface area contributed by atoms with E-state index in [4.69, 9.17) is 14.2 Å². The Morgan fingerprint density at radius 3 is 2.43 bits per heavy atom. The van der Waals surface area contributed by atoms with Crippen LogP contribution in [0.15, 0.2) is 48.5 Å². The summed E-state index contributed by atoms with van der Waals surface area (Å²) in [4.78, 5) is 26.5. The lowest BCUT2D eigenvalue weighted by molar-refractivity contribution is -0.138. The van der Waals surface area contributed by atoms with E-state index in [-0.39, 0.29) is 5.91 Å². The molecule has 1 heterocycles. The minimum atomic E-state index is -0.814. The first kappa shape index (κ1) is 19.7. The van der Waals surface area contributed by atoms with Gasteiger partial charge in [-0.3, -0.25) is 4.79 Å². The number of hydrogen-bond donors (Lipinski definition) is 0. The van der Waals surface area contributed by atoms with Crippen LogP contribution in [0.2, 0.25) is 0 Å². The number of ether oxygens (including phenoxy) is 3. The van der Waals surface area contributed by atoms with E-state index >= 15 is 0 Å². The van der Waals surface area contributed by atoms with E-state index in [1.54, 1.807) is 30.0 Å². The first-order valence-electron chi connectivity index (χ1n) is 9.43. The van der Waals surface area contributed by atoms with Gasteiger partial charge < -0.3 is 19.1 Å². The summed E-state index contributed by atoms with van der Waals surface area (Å²) in [6.07, 6.45) is 1.17. The number of likely N-dealkylation sites (tertiary alicyclic amines) is 1. The molecule has 2 aromatic rings. The highest BCUT2D eigenvalue weighted by Gasteiger charge is 2.26. The fourth-order valence-corrected chi connectivity index (χ4v) is 3.12. The third-order valence-corrected chi connectivity index (χ3v) is 4.69. The predicted molar refractivity (Wildman–Crippen MR) is 104 cm³/mol. The minimum Gasteiger partial charge on any atom is -0.493 e. The monoisotopic (exact) mass is 383 g/mol. The highest BCUT2D eigenvalue weighted by atomic mass is 16.5. The largest absolute Gasteiger partial charge is 0.493 e. The smallest absolute Gasteiger partial charge is 0.339 e. The summed E-state index contributed by atoms with van der Waals surface area (Å²) < 4.78 is 16.5. The fraction of sp³-hybridized carbons (Fsp3) is 0.364. The van der Waals surface area contributed by atoms with Crippen LogP contribution >= 0.6 is 0 Å². The van der Waals surface area contributed by atoms with Crippen LogP contribution in [0.3, 0.4) is 0 Å². The van der Waals surface area contributed by atoms with Crippen LogP contribution in [0.4, 0.5) is 0 Å². The highest BCUT2D eigenvalue weighted by Crippen LogP contribution is 2.29. The quantitative estimate of drug-likeness (QED) is 0.685. The van der Waals surface area contributed by atoms with Gasteiger partial charge in [0.1, 0.15) is 6.61 Å². The van der Waals surface area contributed by atoms with Crippen LogP contribution in [-0.4, -0.2) is 43.1 Å². The second-order valence-electron chi connectivity index (χ2n) is 6.72. The molecule has 6 nitrogen and oxygen atoms in total. The molecule has 3 rings (SSSR count). The second-order valence-corrected chi connectivity index (χ2v) is 6.72. The van der Waals surface area contributed by atoms with E-state index in [1.807, 2.05) is 30.3 Å². The Morgan fingerprint density at radius 2 is 1.75 bits per heavy atom. The Balaban J connectivity index is 1.63. The maximum Gasteiger partial charge on any atom is 0.339 e. The van der Waals surface area contributed by atoms with Crippen molar-refractivity contribution in [3.63, 3.8) is 0 Å². The molecule has 2 aromatic carbocycles. The molecule has 1 saturated heterocycles. The Kier molecular flexibility index (Phi) is 6.53. The number of amides is 1. The van der Waals surface area contributed by atoms with Crippen LogP contribution in [0.1, 0.15) is 35.7 Å². The molecule has 28 heavy (non-hydrogen) atoms. The third-order valence-electron chi connectivity index (χ3n) is 4.69. The first-order chi connectivity index (χ1) is 13.6. The topological polar surface area (TPSA) is 65.1 Å². The molecule has 0 aliphatic carbocycles. The van der Waals surface area contributed by atoms with Crippen molar-refractivity contribution in [3.8, 4) is 11.5 Å². The lowest BCUT2D eigenvalue weighted by Crippen LogP contribution is -2.38. The zero-order valence-electron chi connectivity index (χ0n) is 16.2. The molecule has 1 aliphatic heterocycles. The molecule has 1 atom stereocenters. The van der Waals surface area contributed by atoms with Gasteiger partial charge in [0.2, 0.25) is 0 Å². The Morgan fingerprint density at radius 1 is 1.04 bits per heavy atom. The van der Waals surface area contributed by atoms with Crippen molar-refractivity contribution in [2.24, 2.45) is 0 Å². The maximum atomic E-state index is 12.4. The zero-order valence-corrected chi connectivity index (χ0v) is 16.2. The molecular formula is C22H25NO5. The molecule has 148 valence electrons. The van der Waals surface area contributed by atoms with Crippen molar-refractivity contribution in [1.82, 2.24) is 4.90 Å². The second kappa shape index (κ2) is 9.26. The van der Waals surface area contributed by atoms with Gasteiger partial charge in [0.05, 0.1) is 12.7 Å². The van der Waals surface area contributed by atoms with Crippen LogP contribution < -0.4 is 9.47 Å². The molecule has 1 fully saturated rings. The maximum absolute atomic E-state index is 12.4. The van der Waals surface area contributed by atoms with Gasteiger partial charge in [-0.25, -0.2) is 4.79 Å². The Hall–Kier alpha value is -3.02. The van der Waals surface area contributed by atoms with Gasteiger partial charge in [-0.2, -0.15) is 0 Å². The van der Waals surface area contributed by atoms with E-state index < -0.39 is 12.1 Å². The summed E-state index contributed by atoms with van der Waals surface area (Å²) in [5.41, 5.74) is 1.34. The number of methoxy groups -OCH3 is 1. The Labute approximate surface area is 165 Å². The van der Waals surface area contributed by atoms with Gasteiger partial charge in [-0.15, -0.1) is 0 Å². The first-order valence-corrected chi connectivity index (χ1v) is 9.43. The molecule has 1 aliphatic rings. The Bertz CT molecular complexity index is 815. The average molecular weight is 383 g/mol. The SMILES string of the molecule is COc1cc(C(=O)O[C@H](C)C(=O)N2CCCC2)ccc1OCc1ccccc1. The third kappa shape index (κ3) is 4.82. The molecule has 0 radical (unpaired) electrons. The number of carbonyl (C=O) groups is 2. The van der Waals surface area contributed by atoms with Gasteiger partial charge >= 0.3 is 5.97 Å². The van der Waals surface area contributed by atoms with Crippen LogP contribution in [-0.2, 0) is 16.1 Å². The highest BCUT2D eigenvalue weighted by molar-refractivity contribution is 5.92. The van der Waals surface area contributed by atoms with E-state index in [2.05, 4.69) is 0 Å². The number of rotatable bonds is 7. The summed E-state index contributed by atoms with van der Waals surface area (Å²) in [5.74, 6) is 0.251. The van der Waals surface area contributed by atoms with Gasteiger partial charge in [0.25, 0.3) is 5.91 Å². The van der Waals surface area contributed by atoms with Gasteiger partial charge in [0.15, 0.2) is 17.6 Å². The van der Waals surface area contributed by atoms with Gasteiger partial charge in [-0.1, -0.05) is 30.3 Å². The van der Waals surface area contributed by atoms with Gasteiger partial charge in [-0.05, 0) is 43.5 Å². The summed E-state index contributed by atoms with van der Waals surface area (Å²) in [6.45, 7) is 3.44. The number of benzene rings is 2. The number of hydrogen-bond acceptors (Lipinski definition) is 5. The molecule has 0 saturated carbocycles. The molecule has 1 amide bonds. The van der Waals surface area contributed by atoms with E-state index in [0.29, 0.717) is 23.7 Å².